The molecule has 1 aliphatic heterocycles. The molecule has 10 heavy (non-hydrogen) atoms. The lowest BCUT2D eigenvalue weighted by Crippen LogP contribution is -2.54. The van der Waals surface area contributed by atoms with E-state index < -0.39 is 5.60 Å². The predicted molar refractivity (Wildman–Crippen MR) is 37.6 cm³/mol. The average Bonchev–Trinajstić information content (AvgIpc) is 2.06. The average molecular weight is 146 g/mol. The molecule has 4 N–H and O–H groups in total. The van der Waals surface area contributed by atoms with Crippen LogP contribution in [-0.2, 0) is 9.47 Å². The first kappa shape index (κ1) is 7.94. The molecule has 1 rings (SSSR count). The van der Waals surface area contributed by atoms with Gasteiger partial charge in [-0.15, -0.1) is 0 Å². The third-order valence-corrected chi connectivity index (χ3v) is 1.75. The molecule has 0 saturated carbocycles. The van der Waals surface area contributed by atoms with Gasteiger partial charge in [-0.2, -0.15) is 0 Å². The second kappa shape index (κ2) is 3.30. The van der Waals surface area contributed by atoms with Crippen molar-refractivity contribution in [3.8, 4) is 0 Å². The van der Waals surface area contributed by atoms with Gasteiger partial charge in [0.1, 0.15) is 5.60 Å². The first-order valence-electron chi connectivity index (χ1n) is 3.45. The van der Waals surface area contributed by atoms with Crippen molar-refractivity contribution in [3.63, 3.8) is 0 Å². The summed E-state index contributed by atoms with van der Waals surface area (Å²) in [6.07, 6.45) is 0. The van der Waals surface area contributed by atoms with Crippen LogP contribution < -0.4 is 11.5 Å². The lowest BCUT2D eigenvalue weighted by atomic mass is 10.1. The summed E-state index contributed by atoms with van der Waals surface area (Å²) in [4.78, 5) is 0. The first-order chi connectivity index (χ1) is 4.83. The Balaban J connectivity index is 2.44. The quantitative estimate of drug-likeness (QED) is 0.507. The van der Waals surface area contributed by atoms with Crippen LogP contribution in [0.3, 0.4) is 0 Å². The summed E-state index contributed by atoms with van der Waals surface area (Å²) in [6, 6.07) is 0. The zero-order valence-electron chi connectivity index (χ0n) is 6.01. The molecular weight excluding hydrogens is 132 g/mol. The number of rotatable bonds is 2. The van der Waals surface area contributed by atoms with Crippen molar-refractivity contribution < 1.29 is 9.47 Å². The van der Waals surface area contributed by atoms with E-state index in [2.05, 4.69) is 0 Å². The molecule has 0 aliphatic carbocycles. The van der Waals surface area contributed by atoms with Gasteiger partial charge in [-0.25, -0.2) is 0 Å². The zero-order valence-corrected chi connectivity index (χ0v) is 6.01. The van der Waals surface area contributed by atoms with Gasteiger partial charge < -0.3 is 20.9 Å². The molecule has 1 fully saturated rings. The molecule has 1 heterocycles. The summed E-state index contributed by atoms with van der Waals surface area (Å²) in [7, 11) is 0. The SMILES string of the molecule is NCC1(CN)COCCO1. The summed E-state index contributed by atoms with van der Waals surface area (Å²) in [5.74, 6) is 0. The van der Waals surface area contributed by atoms with Gasteiger partial charge in [0.05, 0.1) is 19.8 Å². The molecule has 0 aromatic carbocycles. The van der Waals surface area contributed by atoms with Gasteiger partial charge in [0, 0.05) is 13.1 Å². The smallest absolute Gasteiger partial charge is 0.116 e. The summed E-state index contributed by atoms with van der Waals surface area (Å²) in [5.41, 5.74) is 10.5. The summed E-state index contributed by atoms with van der Waals surface area (Å²) >= 11 is 0. The molecule has 60 valence electrons. The van der Waals surface area contributed by atoms with E-state index in [4.69, 9.17) is 20.9 Å². The van der Waals surface area contributed by atoms with Crippen LogP contribution >= 0.6 is 0 Å². The standard InChI is InChI=1S/C6H14N2O2/c7-3-6(4-8)5-9-1-2-10-6/h1-5,7-8H2. The van der Waals surface area contributed by atoms with Crippen LogP contribution in [0.4, 0.5) is 0 Å². The van der Waals surface area contributed by atoms with E-state index in [-0.39, 0.29) is 0 Å². The first-order valence-corrected chi connectivity index (χ1v) is 3.45. The van der Waals surface area contributed by atoms with E-state index in [0.29, 0.717) is 32.9 Å². The monoisotopic (exact) mass is 146 g/mol. The van der Waals surface area contributed by atoms with Gasteiger partial charge in [0.25, 0.3) is 0 Å². The maximum Gasteiger partial charge on any atom is 0.116 e. The normalized spacial score (nSPS) is 24.6. The van der Waals surface area contributed by atoms with Crippen LogP contribution in [0.25, 0.3) is 0 Å². The Labute approximate surface area is 60.5 Å². The van der Waals surface area contributed by atoms with Crippen molar-refractivity contribution >= 4 is 0 Å². The molecule has 0 aromatic rings. The van der Waals surface area contributed by atoms with Gasteiger partial charge >= 0.3 is 0 Å². The van der Waals surface area contributed by atoms with Gasteiger partial charge in [0.15, 0.2) is 0 Å². The van der Waals surface area contributed by atoms with Crippen molar-refractivity contribution in [2.75, 3.05) is 32.9 Å². The van der Waals surface area contributed by atoms with Crippen molar-refractivity contribution in [1.82, 2.24) is 0 Å². The lowest BCUT2D eigenvalue weighted by Gasteiger charge is -2.34. The molecule has 0 unspecified atom stereocenters. The van der Waals surface area contributed by atoms with E-state index >= 15 is 0 Å². The number of ether oxygens (including phenoxy) is 2. The highest BCUT2D eigenvalue weighted by molar-refractivity contribution is 4.84. The van der Waals surface area contributed by atoms with E-state index in [0.717, 1.165) is 0 Å². The maximum absolute atomic E-state index is 5.46. The fourth-order valence-corrected chi connectivity index (χ4v) is 0.936. The molecule has 0 aromatic heterocycles. The molecule has 4 heteroatoms. The Morgan fingerprint density at radius 2 is 1.90 bits per heavy atom. The van der Waals surface area contributed by atoms with Crippen molar-refractivity contribution in [1.29, 1.82) is 0 Å². The van der Waals surface area contributed by atoms with Crippen molar-refractivity contribution in [2.24, 2.45) is 11.5 Å². The predicted octanol–water partition coefficient (Wildman–Crippen LogP) is -1.31. The fourth-order valence-electron chi connectivity index (χ4n) is 0.936. The fraction of sp³-hybridized carbons (Fsp3) is 1.00. The van der Waals surface area contributed by atoms with Gasteiger partial charge in [0.2, 0.25) is 0 Å². The molecule has 1 saturated heterocycles. The van der Waals surface area contributed by atoms with Crippen LogP contribution in [0.15, 0.2) is 0 Å². The number of hydrogen-bond acceptors (Lipinski definition) is 4. The molecule has 4 nitrogen and oxygen atoms in total. The van der Waals surface area contributed by atoms with Crippen LogP contribution in [0.5, 0.6) is 0 Å². The minimum Gasteiger partial charge on any atom is -0.376 e. The highest BCUT2D eigenvalue weighted by Gasteiger charge is 2.30. The highest BCUT2D eigenvalue weighted by Crippen LogP contribution is 2.12. The molecule has 1 aliphatic rings. The minimum absolute atomic E-state index is 0.405. The Hall–Kier alpha value is -0.160. The summed E-state index contributed by atoms with van der Waals surface area (Å²) in [5, 5.41) is 0. The molecule has 0 radical (unpaired) electrons. The Morgan fingerprint density at radius 3 is 2.20 bits per heavy atom. The van der Waals surface area contributed by atoms with Gasteiger partial charge in [-0.3, -0.25) is 0 Å². The van der Waals surface area contributed by atoms with Crippen molar-refractivity contribution in [3.05, 3.63) is 0 Å². The van der Waals surface area contributed by atoms with Crippen LogP contribution in [0.2, 0.25) is 0 Å². The Morgan fingerprint density at radius 1 is 1.20 bits per heavy atom. The topological polar surface area (TPSA) is 70.5 Å². The van der Waals surface area contributed by atoms with Crippen molar-refractivity contribution in [2.45, 2.75) is 5.60 Å². The third-order valence-electron chi connectivity index (χ3n) is 1.75. The molecule has 0 atom stereocenters. The second-order valence-corrected chi connectivity index (χ2v) is 2.49. The number of nitrogens with two attached hydrogens (primary N) is 2. The zero-order chi connectivity index (χ0) is 7.45. The highest BCUT2D eigenvalue weighted by atomic mass is 16.6. The minimum atomic E-state index is -0.405. The van der Waals surface area contributed by atoms with Gasteiger partial charge in [-0.1, -0.05) is 0 Å². The molecule has 0 amide bonds. The van der Waals surface area contributed by atoms with Crippen LogP contribution in [-0.4, -0.2) is 38.5 Å². The second-order valence-electron chi connectivity index (χ2n) is 2.49. The van der Waals surface area contributed by atoms with Crippen LogP contribution in [0.1, 0.15) is 0 Å². The third kappa shape index (κ3) is 1.46. The van der Waals surface area contributed by atoms with Crippen LogP contribution in [0, 0.1) is 0 Å². The Bertz CT molecular complexity index is 95.9. The molecule has 0 bridgehead atoms. The Kier molecular flexibility index (Phi) is 2.62. The van der Waals surface area contributed by atoms with E-state index in [1.54, 1.807) is 0 Å². The van der Waals surface area contributed by atoms with E-state index in [9.17, 15) is 0 Å². The molecular formula is C6H14N2O2. The largest absolute Gasteiger partial charge is 0.376 e. The summed E-state index contributed by atoms with van der Waals surface area (Å²) in [6.45, 7) is 2.66. The maximum atomic E-state index is 5.46. The van der Waals surface area contributed by atoms with E-state index in [1.807, 2.05) is 0 Å². The lowest BCUT2D eigenvalue weighted by molar-refractivity contribution is -0.146. The van der Waals surface area contributed by atoms with E-state index in [1.165, 1.54) is 0 Å². The summed E-state index contributed by atoms with van der Waals surface area (Å²) < 4.78 is 10.6. The molecule has 0 spiro atoms. The number of hydrogen-bond donors (Lipinski definition) is 2. The van der Waals surface area contributed by atoms with Gasteiger partial charge in [-0.05, 0) is 0 Å².